The van der Waals surface area contributed by atoms with E-state index in [9.17, 15) is 0 Å². The topological polar surface area (TPSA) is 33.0 Å². The Morgan fingerprint density at radius 3 is 2.77 bits per heavy atom. The van der Waals surface area contributed by atoms with Crippen LogP contribution in [0.15, 0.2) is 18.2 Å². The molecule has 0 N–H and O–H groups in total. The smallest absolute Gasteiger partial charge is 0.138 e. The molecule has 0 saturated carbocycles. The number of ether oxygens (including phenoxy) is 1. The first-order chi connectivity index (χ1) is 6.24. The summed E-state index contributed by atoms with van der Waals surface area (Å²) in [7, 11) is 0. The Morgan fingerprint density at radius 1 is 1.38 bits per heavy atom. The lowest BCUT2D eigenvalue weighted by molar-refractivity contribution is 0.327. The lowest BCUT2D eigenvalue weighted by atomic mass is 10.3. The average molecular weight is 216 g/mol. The first-order valence-corrected chi connectivity index (χ1v) is 4.44. The molecule has 13 heavy (non-hydrogen) atoms. The summed E-state index contributed by atoms with van der Waals surface area (Å²) in [5, 5.41) is 9.30. The third-order valence-electron chi connectivity index (χ3n) is 1.37. The molecule has 1 aromatic carbocycles. The Bertz CT molecular complexity index is 333. The predicted molar refractivity (Wildman–Crippen MR) is 52.2 cm³/mol. The van der Waals surface area contributed by atoms with Gasteiger partial charge in [0.25, 0.3) is 0 Å². The van der Waals surface area contributed by atoms with Gasteiger partial charge in [-0.05, 0) is 18.2 Å². The van der Waals surface area contributed by atoms with Crippen molar-refractivity contribution in [1.82, 2.24) is 0 Å². The molecule has 0 amide bonds. The van der Waals surface area contributed by atoms with Gasteiger partial charge in [-0.25, -0.2) is 0 Å². The van der Waals surface area contributed by atoms with Crippen LogP contribution in [-0.2, 0) is 0 Å². The second kappa shape index (κ2) is 4.96. The summed E-state index contributed by atoms with van der Waals surface area (Å²) < 4.78 is 5.22. The molecule has 4 heteroatoms. The summed E-state index contributed by atoms with van der Waals surface area (Å²) >= 11 is 11.5. The third-order valence-corrected chi connectivity index (χ3v) is 1.90. The fourth-order valence-corrected chi connectivity index (χ4v) is 1.26. The molecule has 0 radical (unpaired) electrons. The highest BCUT2D eigenvalue weighted by molar-refractivity contribution is 6.35. The van der Waals surface area contributed by atoms with Crippen LogP contribution in [0.1, 0.15) is 6.42 Å². The minimum absolute atomic E-state index is 0.345. The van der Waals surface area contributed by atoms with E-state index in [2.05, 4.69) is 0 Å². The largest absolute Gasteiger partial charge is 0.491 e. The SMILES string of the molecule is N#CCCOc1ccc(Cl)cc1Cl. The first-order valence-electron chi connectivity index (χ1n) is 3.69. The van der Waals surface area contributed by atoms with Crippen molar-refractivity contribution in [1.29, 1.82) is 5.26 Å². The van der Waals surface area contributed by atoms with Crippen LogP contribution in [-0.4, -0.2) is 6.61 Å². The van der Waals surface area contributed by atoms with Crippen LogP contribution in [0.3, 0.4) is 0 Å². The molecule has 0 aliphatic heterocycles. The van der Waals surface area contributed by atoms with Crippen LogP contribution < -0.4 is 4.74 Å². The number of rotatable bonds is 3. The van der Waals surface area contributed by atoms with E-state index in [1.54, 1.807) is 18.2 Å². The van der Waals surface area contributed by atoms with Gasteiger partial charge < -0.3 is 4.74 Å². The predicted octanol–water partition coefficient (Wildman–Crippen LogP) is 3.29. The highest BCUT2D eigenvalue weighted by atomic mass is 35.5. The molecule has 0 bridgehead atoms. The minimum Gasteiger partial charge on any atom is -0.491 e. The van der Waals surface area contributed by atoms with Gasteiger partial charge in [0.05, 0.1) is 17.5 Å². The zero-order valence-electron chi connectivity index (χ0n) is 6.76. The minimum atomic E-state index is 0.345. The lowest BCUT2D eigenvalue weighted by Gasteiger charge is -2.05. The summed E-state index contributed by atoms with van der Waals surface area (Å²) in [6, 6.07) is 6.95. The molecular formula is C9H7Cl2NO. The zero-order valence-corrected chi connectivity index (χ0v) is 8.27. The first kappa shape index (κ1) is 10.2. The quantitative estimate of drug-likeness (QED) is 0.726. The summed E-state index contributed by atoms with van der Waals surface area (Å²) in [4.78, 5) is 0. The van der Waals surface area contributed by atoms with E-state index >= 15 is 0 Å². The van der Waals surface area contributed by atoms with E-state index in [4.69, 9.17) is 33.2 Å². The maximum absolute atomic E-state index is 8.27. The number of halogens is 2. The highest BCUT2D eigenvalue weighted by Crippen LogP contribution is 2.27. The standard InChI is InChI=1S/C9H7Cl2NO/c10-7-2-3-9(8(11)6-7)13-5-1-4-12/h2-3,6H,1,5H2. The molecule has 0 spiro atoms. The number of benzene rings is 1. The number of hydrogen-bond acceptors (Lipinski definition) is 2. The molecule has 1 rings (SSSR count). The zero-order chi connectivity index (χ0) is 9.68. The van der Waals surface area contributed by atoms with Gasteiger partial charge in [-0.2, -0.15) is 5.26 Å². The summed E-state index contributed by atoms with van der Waals surface area (Å²) in [6.07, 6.45) is 0.346. The Labute approximate surface area is 86.6 Å². The summed E-state index contributed by atoms with van der Waals surface area (Å²) in [5.41, 5.74) is 0. The van der Waals surface area contributed by atoms with E-state index in [0.717, 1.165) is 0 Å². The molecule has 2 nitrogen and oxygen atoms in total. The molecule has 68 valence electrons. The second-order valence-electron chi connectivity index (χ2n) is 2.33. The molecule has 0 aliphatic rings. The van der Waals surface area contributed by atoms with Gasteiger partial charge in [-0.3, -0.25) is 0 Å². The van der Waals surface area contributed by atoms with E-state index in [1.807, 2.05) is 6.07 Å². The Kier molecular flexibility index (Phi) is 3.88. The van der Waals surface area contributed by atoms with Gasteiger partial charge in [0.15, 0.2) is 0 Å². The molecule has 0 aliphatic carbocycles. The van der Waals surface area contributed by atoms with Gasteiger partial charge in [0.2, 0.25) is 0 Å². The van der Waals surface area contributed by atoms with E-state index in [1.165, 1.54) is 0 Å². The van der Waals surface area contributed by atoms with Crippen molar-refractivity contribution in [3.63, 3.8) is 0 Å². The molecule has 0 saturated heterocycles. The number of nitriles is 1. The van der Waals surface area contributed by atoms with Crippen molar-refractivity contribution in [3.8, 4) is 11.8 Å². The monoisotopic (exact) mass is 215 g/mol. The molecular weight excluding hydrogens is 209 g/mol. The fraction of sp³-hybridized carbons (Fsp3) is 0.222. The van der Waals surface area contributed by atoms with E-state index < -0.39 is 0 Å². The van der Waals surface area contributed by atoms with Gasteiger partial charge >= 0.3 is 0 Å². The number of hydrogen-bond donors (Lipinski definition) is 0. The van der Waals surface area contributed by atoms with Crippen LogP contribution in [0, 0.1) is 11.3 Å². The van der Waals surface area contributed by atoms with Crippen molar-refractivity contribution >= 4 is 23.2 Å². The van der Waals surface area contributed by atoms with Crippen LogP contribution >= 0.6 is 23.2 Å². The van der Waals surface area contributed by atoms with Crippen molar-refractivity contribution in [2.75, 3.05) is 6.61 Å². The van der Waals surface area contributed by atoms with E-state index in [-0.39, 0.29) is 0 Å². The van der Waals surface area contributed by atoms with Gasteiger partial charge in [-0.15, -0.1) is 0 Å². The molecule has 1 aromatic rings. The lowest BCUT2D eigenvalue weighted by Crippen LogP contribution is -1.95. The van der Waals surface area contributed by atoms with Crippen LogP contribution in [0.4, 0.5) is 0 Å². The fourth-order valence-electron chi connectivity index (χ4n) is 0.799. The van der Waals surface area contributed by atoms with Crippen LogP contribution in [0.2, 0.25) is 10.0 Å². The maximum atomic E-state index is 8.27. The van der Waals surface area contributed by atoms with E-state index in [0.29, 0.717) is 28.8 Å². The molecule has 0 unspecified atom stereocenters. The molecule has 0 aromatic heterocycles. The molecule has 0 atom stereocenters. The van der Waals surface area contributed by atoms with Gasteiger partial charge in [0.1, 0.15) is 12.4 Å². The Hall–Kier alpha value is -0.910. The average Bonchev–Trinajstić information content (AvgIpc) is 2.09. The second-order valence-corrected chi connectivity index (χ2v) is 3.17. The van der Waals surface area contributed by atoms with Gasteiger partial charge in [0, 0.05) is 5.02 Å². The van der Waals surface area contributed by atoms with Crippen molar-refractivity contribution < 1.29 is 4.74 Å². The Morgan fingerprint density at radius 2 is 2.15 bits per heavy atom. The number of nitrogens with zero attached hydrogens (tertiary/aromatic N) is 1. The molecule has 0 fully saturated rings. The van der Waals surface area contributed by atoms with Crippen molar-refractivity contribution in [2.45, 2.75) is 6.42 Å². The van der Waals surface area contributed by atoms with Crippen LogP contribution in [0.25, 0.3) is 0 Å². The Balaban J connectivity index is 2.62. The summed E-state index contributed by atoms with van der Waals surface area (Å²) in [6.45, 7) is 0.345. The van der Waals surface area contributed by atoms with Crippen molar-refractivity contribution in [3.05, 3.63) is 28.2 Å². The highest BCUT2D eigenvalue weighted by Gasteiger charge is 2.01. The van der Waals surface area contributed by atoms with Crippen LogP contribution in [0.5, 0.6) is 5.75 Å². The van der Waals surface area contributed by atoms with Gasteiger partial charge in [-0.1, -0.05) is 23.2 Å². The normalized spacial score (nSPS) is 9.31. The maximum Gasteiger partial charge on any atom is 0.138 e. The third kappa shape index (κ3) is 3.14. The molecule has 0 heterocycles. The summed E-state index contributed by atoms with van der Waals surface area (Å²) in [5.74, 6) is 0.557. The van der Waals surface area contributed by atoms with Crippen molar-refractivity contribution in [2.24, 2.45) is 0 Å².